The predicted molar refractivity (Wildman–Crippen MR) is 65.9 cm³/mol. The van der Waals surface area contributed by atoms with Gasteiger partial charge in [0.2, 0.25) is 0 Å². The molecule has 0 bridgehead atoms. The van der Waals surface area contributed by atoms with Gasteiger partial charge in [0.1, 0.15) is 0 Å². The molecule has 6 heteroatoms. The molecule has 76 valence electrons. The van der Waals surface area contributed by atoms with E-state index >= 15 is 0 Å². The van der Waals surface area contributed by atoms with Crippen LogP contribution in [0.3, 0.4) is 0 Å². The van der Waals surface area contributed by atoms with Crippen molar-refractivity contribution < 1.29 is 0 Å². The Labute approximate surface area is 99.7 Å². The van der Waals surface area contributed by atoms with E-state index in [0.29, 0.717) is 8.73 Å². The highest BCUT2D eigenvalue weighted by Crippen LogP contribution is 2.04. The van der Waals surface area contributed by atoms with Crippen LogP contribution in [0.15, 0.2) is 35.1 Å². The molecule has 0 radical (unpaired) electrons. The molecule has 2 aromatic rings. The third-order valence-corrected chi connectivity index (χ3v) is 3.07. The third kappa shape index (κ3) is 2.11. The van der Waals surface area contributed by atoms with Gasteiger partial charge in [0.05, 0.1) is 5.69 Å². The Bertz CT molecular complexity index is 604. The molecule has 1 N–H and O–H groups in total. The molecule has 15 heavy (non-hydrogen) atoms. The lowest BCUT2D eigenvalue weighted by Gasteiger charge is -2.03. The molecule has 1 aromatic carbocycles. The van der Waals surface area contributed by atoms with Crippen LogP contribution in [0, 0.1) is 8.73 Å². The summed E-state index contributed by atoms with van der Waals surface area (Å²) in [6.07, 6.45) is 0. The second kappa shape index (κ2) is 4.18. The van der Waals surface area contributed by atoms with Gasteiger partial charge in [-0.15, -0.1) is 0 Å². The number of aromatic nitrogens is 2. The molecule has 0 aliphatic rings. The maximum absolute atomic E-state index is 11.7. The van der Waals surface area contributed by atoms with Gasteiger partial charge in [-0.05, 0) is 47.9 Å². The molecule has 0 unspecified atom stereocenters. The molecular formula is C9H6N2OS3. The molecule has 1 aromatic heterocycles. The number of nitrogens with zero attached hydrogens (tertiary/aromatic N) is 1. The fourth-order valence-corrected chi connectivity index (χ4v) is 2.56. The lowest BCUT2D eigenvalue weighted by Crippen LogP contribution is -2.16. The minimum atomic E-state index is -0.171. The molecule has 0 amide bonds. The Hall–Kier alpha value is -1.11. The quantitative estimate of drug-likeness (QED) is 0.795. The van der Waals surface area contributed by atoms with E-state index in [0.717, 1.165) is 17.0 Å². The van der Waals surface area contributed by atoms with E-state index in [2.05, 4.69) is 4.98 Å². The average molecular weight is 254 g/mol. The van der Waals surface area contributed by atoms with Crippen molar-refractivity contribution in [1.29, 1.82) is 0 Å². The summed E-state index contributed by atoms with van der Waals surface area (Å²) in [6.45, 7) is 0. The molecule has 0 fully saturated rings. The average Bonchev–Trinajstić information content (AvgIpc) is 2.17. The number of nitrogens with one attached hydrogen (secondary N) is 1. The first-order valence-corrected chi connectivity index (χ1v) is 5.74. The number of H-pyrrole nitrogens is 1. The predicted octanol–water partition coefficient (Wildman–Crippen LogP) is 2.69. The molecular weight excluding hydrogens is 248 g/mol. The summed E-state index contributed by atoms with van der Waals surface area (Å²) in [6, 6.07) is 9.22. The number of hydrogen-bond acceptors (Lipinski definition) is 4. The molecule has 0 saturated heterocycles. The summed E-state index contributed by atoms with van der Waals surface area (Å²) in [5.41, 5.74) is 0.745. The van der Waals surface area contributed by atoms with E-state index in [9.17, 15) is 4.79 Å². The summed E-state index contributed by atoms with van der Waals surface area (Å²) in [4.78, 5) is 14.3. The van der Waals surface area contributed by atoms with Crippen molar-refractivity contribution in [3.05, 3.63) is 48.7 Å². The minimum Gasteiger partial charge on any atom is -0.314 e. The highest BCUT2D eigenvalue weighted by atomic mass is 32.1. The zero-order valence-corrected chi connectivity index (χ0v) is 9.92. The third-order valence-electron chi connectivity index (χ3n) is 1.79. The first-order chi connectivity index (χ1) is 7.18. The van der Waals surface area contributed by atoms with Crippen LogP contribution in [0.25, 0.3) is 5.69 Å². The van der Waals surface area contributed by atoms with Gasteiger partial charge in [0.15, 0.2) is 8.73 Å². The highest BCUT2D eigenvalue weighted by molar-refractivity contribution is 7.73. The van der Waals surface area contributed by atoms with E-state index < -0.39 is 0 Å². The van der Waals surface area contributed by atoms with E-state index in [-0.39, 0.29) is 4.87 Å². The Morgan fingerprint density at radius 1 is 1.20 bits per heavy atom. The van der Waals surface area contributed by atoms with Crippen molar-refractivity contribution in [2.24, 2.45) is 0 Å². The van der Waals surface area contributed by atoms with Gasteiger partial charge in [-0.1, -0.05) is 18.2 Å². The molecule has 1 heterocycles. The lowest BCUT2D eigenvalue weighted by molar-refractivity contribution is 0.947. The standard InChI is InChI=1S/C9H6N2OS3/c12-9-11(6-4-2-1-3-5-6)7(13)10-8(14)15-9/h1-5H,(H,10,13,14). The van der Waals surface area contributed by atoms with Gasteiger partial charge in [-0.25, -0.2) is 4.57 Å². The Balaban J connectivity index is 2.81. The monoisotopic (exact) mass is 254 g/mol. The summed E-state index contributed by atoms with van der Waals surface area (Å²) >= 11 is 10.9. The van der Waals surface area contributed by atoms with E-state index in [1.165, 1.54) is 4.57 Å². The molecule has 3 nitrogen and oxygen atoms in total. The topological polar surface area (TPSA) is 37.8 Å². The van der Waals surface area contributed by atoms with Crippen LogP contribution in [-0.2, 0) is 0 Å². The lowest BCUT2D eigenvalue weighted by atomic mass is 10.3. The minimum absolute atomic E-state index is 0.171. The largest absolute Gasteiger partial charge is 0.316 e. The molecule has 0 saturated carbocycles. The second-order valence-electron chi connectivity index (χ2n) is 2.76. The van der Waals surface area contributed by atoms with Crippen molar-refractivity contribution in [2.45, 2.75) is 0 Å². The smallest absolute Gasteiger partial charge is 0.314 e. The van der Waals surface area contributed by atoms with Crippen LogP contribution in [-0.4, -0.2) is 9.55 Å². The van der Waals surface area contributed by atoms with Crippen LogP contribution < -0.4 is 4.87 Å². The zero-order chi connectivity index (χ0) is 10.8. The molecule has 0 aliphatic carbocycles. The maximum atomic E-state index is 11.7. The number of para-hydroxylation sites is 1. The van der Waals surface area contributed by atoms with Gasteiger partial charge in [0, 0.05) is 0 Å². The van der Waals surface area contributed by atoms with E-state index in [4.69, 9.17) is 24.4 Å². The van der Waals surface area contributed by atoms with Crippen LogP contribution in [0.1, 0.15) is 0 Å². The van der Waals surface area contributed by atoms with Gasteiger partial charge in [-0.3, -0.25) is 4.79 Å². The van der Waals surface area contributed by atoms with Crippen molar-refractivity contribution in [3.8, 4) is 5.69 Å². The van der Waals surface area contributed by atoms with Gasteiger partial charge in [-0.2, -0.15) is 0 Å². The van der Waals surface area contributed by atoms with Crippen molar-refractivity contribution in [3.63, 3.8) is 0 Å². The van der Waals surface area contributed by atoms with Gasteiger partial charge < -0.3 is 4.98 Å². The van der Waals surface area contributed by atoms with Gasteiger partial charge >= 0.3 is 4.87 Å². The maximum Gasteiger partial charge on any atom is 0.316 e. The fourth-order valence-electron chi connectivity index (χ4n) is 1.18. The number of benzene rings is 1. The Kier molecular flexibility index (Phi) is 2.90. The number of rotatable bonds is 1. The van der Waals surface area contributed by atoms with Crippen LogP contribution >= 0.6 is 35.8 Å². The summed E-state index contributed by atoms with van der Waals surface area (Å²) in [7, 11) is 0. The van der Waals surface area contributed by atoms with Crippen LogP contribution in [0.2, 0.25) is 0 Å². The van der Waals surface area contributed by atoms with Crippen LogP contribution in [0.4, 0.5) is 0 Å². The van der Waals surface area contributed by atoms with Crippen molar-refractivity contribution >= 4 is 35.8 Å². The highest BCUT2D eigenvalue weighted by Gasteiger charge is 2.01. The van der Waals surface area contributed by atoms with E-state index in [1.54, 1.807) is 0 Å². The van der Waals surface area contributed by atoms with Crippen LogP contribution in [0.5, 0.6) is 0 Å². The summed E-state index contributed by atoms with van der Waals surface area (Å²) in [5, 5.41) is 0. The Morgan fingerprint density at radius 2 is 1.87 bits per heavy atom. The zero-order valence-electron chi connectivity index (χ0n) is 7.47. The molecule has 0 spiro atoms. The SMILES string of the molecule is O=c1sc(=S)[nH]c(=S)n1-c1ccccc1. The van der Waals surface area contributed by atoms with Gasteiger partial charge in [0.25, 0.3) is 0 Å². The second-order valence-corrected chi connectivity index (χ2v) is 4.77. The first kappa shape index (κ1) is 10.4. The molecule has 0 atom stereocenters. The fraction of sp³-hybridized carbons (Fsp3) is 0. The number of aromatic amines is 1. The molecule has 0 aliphatic heterocycles. The number of hydrogen-bond donors (Lipinski definition) is 1. The summed E-state index contributed by atoms with van der Waals surface area (Å²) < 4.78 is 2.16. The molecule has 2 rings (SSSR count). The summed E-state index contributed by atoms with van der Waals surface area (Å²) in [5.74, 6) is 0. The first-order valence-electron chi connectivity index (χ1n) is 4.10. The Morgan fingerprint density at radius 3 is 2.47 bits per heavy atom. The van der Waals surface area contributed by atoms with Crippen molar-refractivity contribution in [2.75, 3.05) is 0 Å². The normalized spacial score (nSPS) is 10.1. The van der Waals surface area contributed by atoms with Crippen molar-refractivity contribution in [1.82, 2.24) is 9.55 Å². The van der Waals surface area contributed by atoms with E-state index in [1.807, 2.05) is 30.3 Å².